The third-order valence-corrected chi connectivity index (χ3v) is 11.5. The first-order valence-corrected chi connectivity index (χ1v) is 18.8. The standard InChI is InChI=1S/C53H39N/c1-53(2)50-23-13-11-21-46(50)49-34-40-26-25-39-33-42(31-32-44(39)48(40)35-51(49)53)54(41-29-27-37(28-30-41)36-15-5-3-6-16-36)52-24-14-12-22-47(52)45-20-10-9-19-43(45)38-17-7-4-8-18-38/h3-35H,1-2H3. The average Bonchev–Trinajstić information content (AvgIpc) is 3.46. The van der Waals surface area contributed by atoms with E-state index >= 15 is 0 Å². The zero-order valence-corrected chi connectivity index (χ0v) is 30.5. The Morgan fingerprint density at radius 2 is 0.889 bits per heavy atom. The maximum atomic E-state index is 2.46. The van der Waals surface area contributed by atoms with Crippen molar-refractivity contribution in [2.24, 2.45) is 0 Å². The number of hydrogen-bond acceptors (Lipinski definition) is 1. The van der Waals surface area contributed by atoms with Gasteiger partial charge in [0.05, 0.1) is 5.69 Å². The van der Waals surface area contributed by atoms with Crippen LogP contribution in [-0.4, -0.2) is 0 Å². The topological polar surface area (TPSA) is 3.24 Å². The van der Waals surface area contributed by atoms with Crippen LogP contribution in [0.15, 0.2) is 200 Å². The highest BCUT2D eigenvalue weighted by atomic mass is 15.1. The monoisotopic (exact) mass is 689 g/mol. The van der Waals surface area contributed by atoms with Crippen LogP contribution in [0.1, 0.15) is 25.0 Å². The SMILES string of the molecule is CC1(C)c2ccccc2-c2cc3ccc4cc(N(c5ccc(-c6ccccc6)cc5)c5ccccc5-c5ccccc5-c5ccccc5)ccc4c3cc21. The van der Waals surface area contributed by atoms with Crippen molar-refractivity contribution in [1.29, 1.82) is 0 Å². The number of para-hydroxylation sites is 1. The van der Waals surface area contributed by atoms with Gasteiger partial charge >= 0.3 is 0 Å². The van der Waals surface area contributed by atoms with Crippen LogP contribution in [0.3, 0.4) is 0 Å². The molecule has 0 heterocycles. The van der Waals surface area contributed by atoms with Crippen LogP contribution >= 0.6 is 0 Å². The Morgan fingerprint density at radius 3 is 1.63 bits per heavy atom. The maximum Gasteiger partial charge on any atom is 0.0540 e. The fourth-order valence-corrected chi connectivity index (χ4v) is 8.73. The summed E-state index contributed by atoms with van der Waals surface area (Å²) >= 11 is 0. The molecule has 0 amide bonds. The smallest absolute Gasteiger partial charge is 0.0540 e. The van der Waals surface area contributed by atoms with Gasteiger partial charge in [0.2, 0.25) is 0 Å². The lowest BCUT2D eigenvalue weighted by Crippen LogP contribution is -2.14. The van der Waals surface area contributed by atoms with Crippen molar-refractivity contribution in [2.45, 2.75) is 19.3 Å². The van der Waals surface area contributed by atoms with Crippen LogP contribution in [0.5, 0.6) is 0 Å². The van der Waals surface area contributed by atoms with E-state index in [-0.39, 0.29) is 5.41 Å². The molecule has 0 saturated carbocycles. The summed E-state index contributed by atoms with van der Waals surface area (Å²) in [4.78, 5) is 2.43. The lowest BCUT2D eigenvalue weighted by Gasteiger charge is -2.29. The van der Waals surface area contributed by atoms with E-state index in [1.54, 1.807) is 0 Å². The molecule has 0 aliphatic heterocycles. The molecule has 0 spiro atoms. The number of rotatable bonds is 6. The molecule has 0 radical (unpaired) electrons. The van der Waals surface area contributed by atoms with Crippen molar-refractivity contribution in [3.05, 3.63) is 211 Å². The van der Waals surface area contributed by atoms with Crippen molar-refractivity contribution in [2.75, 3.05) is 4.90 Å². The minimum absolute atomic E-state index is 0.0509. The Hall–Kier alpha value is -6.70. The predicted octanol–water partition coefficient (Wildman–Crippen LogP) is 14.8. The zero-order valence-electron chi connectivity index (χ0n) is 30.5. The predicted molar refractivity (Wildman–Crippen MR) is 230 cm³/mol. The Labute approximate surface area is 317 Å². The van der Waals surface area contributed by atoms with Gasteiger partial charge < -0.3 is 4.90 Å². The highest BCUT2D eigenvalue weighted by Gasteiger charge is 2.35. The lowest BCUT2D eigenvalue weighted by molar-refractivity contribution is 0.661. The van der Waals surface area contributed by atoms with Gasteiger partial charge in [0, 0.05) is 22.4 Å². The molecule has 9 aromatic rings. The third-order valence-electron chi connectivity index (χ3n) is 11.5. The van der Waals surface area contributed by atoms with E-state index in [1.807, 2.05) is 0 Å². The molecule has 0 unspecified atom stereocenters. The highest BCUT2D eigenvalue weighted by Crippen LogP contribution is 2.51. The molecule has 10 rings (SSSR count). The quantitative estimate of drug-likeness (QED) is 0.157. The van der Waals surface area contributed by atoms with Crippen molar-refractivity contribution >= 4 is 38.6 Å². The van der Waals surface area contributed by atoms with Crippen molar-refractivity contribution in [3.63, 3.8) is 0 Å². The number of hydrogen-bond donors (Lipinski definition) is 0. The van der Waals surface area contributed by atoms with Crippen molar-refractivity contribution in [3.8, 4) is 44.5 Å². The summed E-state index contributed by atoms with van der Waals surface area (Å²) in [5.74, 6) is 0. The summed E-state index contributed by atoms with van der Waals surface area (Å²) in [6, 6.07) is 73.3. The Balaban J connectivity index is 1.15. The molecular formula is C53H39N. The van der Waals surface area contributed by atoms with Crippen LogP contribution in [0.25, 0.3) is 66.1 Å². The molecule has 1 nitrogen and oxygen atoms in total. The molecule has 0 aromatic heterocycles. The Kier molecular flexibility index (Phi) is 7.56. The van der Waals surface area contributed by atoms with Crippen LogP contribution in [0.2, 0.25) is 0 Å². The first-order chi connectivity index (χ1) is 26.5. The van der Waals surface area contributed by atoms with Gasteiger partial charge in [0.1, 0.15) is 0 Å². The molecule has 256 valence electrons. The van der Waals surface area contributed by atoms with E-state index in [2.05, 4.69) is 219 Å². The van der Waals surface area contributed by atoms with Crippen molar-refractivity contribution in [1.82, 2.24) is 0 Å². The van der Waals surface area contributed by atoms with E-state index < -0.39 is 0 Å². The summed E-state index contributed by atoms with van der Waals surface area (Å²) in [7, 11) is 0. The van der Waals surface area contributed by atoms with Crippen LogP contribution < -0.4 is 4.90 Å². The van der Waals surface area contributed by atoms with E-state index in [0.717, 1.165) is 17.1 Å². The highest BCUT2D eigenvalue weighted by molar-refractivity contribution is 6.11. The van der Waals surface area contributed by atoms with Crippen LogP contribution in [0, 0.1) is 0 Å². The van der Waals surface area contributed by atoms with Gasteiger partial charge in [-0.2, -0.15) is 0 Å². The summed E-state index contributed by atoms with van der Waals surface area (Å²) < 4.78 is 0. The summed E-state index contributed by atoms with van der Waals surface area (Å²) in [5.41, 5.74) is 16.0. The van der Waals surface area contributed by atoms with Crippen molar-refractivity contribution < 1.29 is 0 Å². The molecule has 9 aromatic carbocycles. The Bertz CT molecular complexity index is 2830. The first kappa shape index (κ1) is 32.0. The van der Waals surface area contributed by atoms with Gasteiger partial charge in [-0.25, -0.2) is 0 Å². The number of fused-ring (bicyclic) bond motifs is 6. The second-order valence-corrected chi connectivity index (χ2v) is 14.9. The van der Waals surface area contributed by atoms with Gasteiger partial charge in [-0.1, -0.05) is 172 Å². The lowest BCUT2D eigenvalue weighted by atomic mass is 9.81. The minimum atomic E-state index is -0.0509. The average molecular weight is 690 g/mol. The van der Waals surface area contributed by atoms with Gasteiger partial charge in [0.25, 0.3) is 0 Å². The van der Waals surface area contributed by atoms with Gasteiger partial charge in [-0.15, -0.1) is 0 Å². The van der Waals surface area contributed by atoms with E-state index in [0.29, 0.717) is 0 Å². The van der Waals surface area contributed by atoms with Crippen LogP contribution in [-0.2, 0) is 5.41 Å². The molecule has 1 aliphatic carbocycles. The molecule has 54 heavy (non-hydrogen) atoms. The zero-order chi connectivity index (χ0) is 36.2. The molecule has 0 atom stereocenters. The van der Waals surface area contributed by atoms with Crippen LogP contribution in [0.4, 0.5) is 17.1 Å². The molecule has 1 aliphatic rings. The van der Waals surface area contributed by atoms with Gasteiger partial charge in [-0.05, 0) is 114 Å². The third kappa shape index (κ3) is 5.24. The molecular weight excluding hydrogens is 651 g/mol. The molecule has 0 saturated heterocycles. The maximum absolute atomic E-state index is 2.46. The Morgan fingerprint density at radius 1 is 0.333 bits per heavy atom. The molecule has 0 N–H and O–H groups in total. The first-order valence-electron chi connectivity index (χ1n) is 18.8. The second-order valence-electron chi connectivity index (χ2n) is 14.9. The number of benzene rings is 9. The van der Waals surface area contributed by atoms with Gasteiger partial charge in [0.15, 0.2) is 0 Å². The normalized spacial score (nSPS) is 12.8. The molecule has 1 heteroatoms. The molecule has 0 bridgehead atoms. The fraction of sp³-hybridized carbons (Fsp3) is 0.0566. The molecule has 0 fully saturated rings. The van der Waals surface area contributed by atoms with E-state index in [9.17, 15) is 0 Å². The van der Waals surface area contributed by atoms with Gasteiger partial charge in [-0.3, -0.25) is 0 Å². The number of nitrogens with zero attached hydrogens (tertiary/aromatic N) is 1. The summed E-state index contributed by atoms with van der Waals surface area (Å²) in [6.07, 6.45) is 0. The largest absolute Gasteiger partial charge is 0.310 e. The summed E-state index contributed by atoms with van der Waals surface area (Å²) in [5, 5.41) is 5.07. The minimum Gasteiger partial charge on any atom is -0.310 e. The van der Waals surface area contributed by atoms with E-state index in [1.165, 1.54) is 77.2 Å². The van der Waals surface area contributed by atoms with E-state index in [4.69, 9.17) is 0 Å². The fourth-order valence-electron chi connectivity index (χ4n) is 8.73. The second kappa shape index (κ2) is 12.8. The number of anilines is 3. The summed E-state index contributed by atoms with van der Waals surface area (Å²) in [6.45, 7) is 4.72.